The highest BCUT2D eigenvalue weighted by Gasteiger charge is 2.31. The summed E-state index contributed by atoms with van der Waals surface area (Å²) in [7, 11) is -3.52. The molecule has 1 aliphatic heterocycles. The first-order valence-corrected chi connectivity index (χ1v) is 8.47. The van der Waals surface area contributed by atoms with Crippen molar-refractivity contribution in [2.75, 3.05) is 13.1 Å². The van der Waals surface area contributed by atoms with Gasteiger partial charge in [-0.1, -0.05) is 11.6 Å². The highest BCUT2D eigenvalue weighted by atomic mass is 79.9. The zero-order valence-corrected chi connectivity index (χ0v) is 12.7. The van der Waals surface area contributed by atoms with Crippen LogP contribution in [0.3, 0.4) is 0 Å². The molecule has 17 heavy (non-hydrogen) atoms. The quantitative estimate of drug-likeness (QED) is 0.880. The lowest BCUT2D eigenvalue weighted by molar-refractivity contribution is 0.108. The van der Waals surface area contributed by atoms with Crippen molar-refractivity contribution in [3.05, 3.63) is 14.9 Å². The molecule has 0 radical (unpaired) electrons. The van der Waals surface area contributed by atoms with Crippen LogP contribution in [-0.4, -0.2) is 37.0 Å². The van der Waals surface area contributed by atoms with E-state index in [0.29, 0.717) is 28.2 Å². The third-order valence-corrected chi connectivity index (χ3v) is 7.36. The van der Waals surface area contributed by atoms with Gasteiger partial charge >= 0.3 is 0 Å². The van der Waals surface area contributed by atoms with Gasteiger partial charge in [0.05, 0.1) is 14.9 Å². The van der Waals surface area contributed by atoms with E-state index in [9.17, 15) is 13.5 Å². The number of β-amino-alcohol motifs (C(OH)–C–C–N with tert-alkyl or cyclic N) is 1. The Morgan fingerprint density at radius 2 is 2.29 bits per heavy atom. The van der Waals surface area contributed by atoms with E-state index in [1.807, 2.05) is 0 Å². The second-order valence-corrected chi connectivity index (χ2v) is 8.79. The number of rotatable bonds is 2. The fourth-order valence-electron chi connectivity index (χ4n) is 1.72. The SMILES string of the molecule is O=S(=O)(c1cc(Cl)c(Br)s1)N1CCCC(O)C1. The molecule has 1 fully saturated rings. The number of aliphatic hydroxyl groups is 1. The van der Waals surface area contributed by atoms with Gasteiger partial charge < -0.3 is 5.11 Å². The number of hydrogen-bond acceptors (Lipinski definition) is 4. The summed E-state index contributed by atoms with van der Waals surface area (Å²) < 4.78 is 26.6. The molecule has 2 rings (SSSR count). The minimum absolute atomic E-state index is 0.162. The third-order valence-electron chi connectivity index (χ3n) is 2.58. The maximum Gasteiger partial charge on any atom is 0.252 e. The Morgan fingerprint density at radius 1 is 1.59 bits per heavy atom. The summed E-state index contributed by atoms with van der Waals surface area (Å²) in [6, 6.07) is 1.44. The van der Waals surface area contributed by atoms with E-state index in [4.69, 9.17) is 11.6 Å². The van der Waals surface area contributed by atoms with Crippen molar-refractivity contribution < 1.29 is 13.5 Å². The number of piperidine rings is 1. The van der Waals surface area contributed by atoms with Gasteiger partial charge in [-0.25, -0.2) is 8.42 Å². The van der Waals surface area contributed by atoms with Crippen molar-refractivity contribution in [2.45, 2.75) is 23.2 Å². The zero-order valence-electron chi connectivity index (χ0n) is 8.77. The van der Waals surface area contributed by atoms with Crippen LogP contribution in [0.25, 0.3) is 0 Å². The molecule has 0 spiro atoms. The topological polar surface area (TPSA) is 57.6 Å². The van der Waals surface area contributed by atoms with Crippen LogP contribution in [-0.2, 0) is 10.0 Å². The largest absolute Gasteiger partial charge is 0.392 e. The zero-order chi connectivity index (χ0) is 12.6. The normalized spacial score (nSPS) is 22.9. The van der Waals surface area contributed by atoms with Crippen LogP contribution in [0.2, 0.25) is 5.02 Å². The number of halogens is 2. The van der Waals surface area contributed by atoms with E-state index in [2.05, 4.69) is 15.9 Å². The Balaban J connectivity index is 2.29. The molecule has 0 aliphatic carbocycles. The maximum atomic E-state index is 12.2. The van der Waals surface area contributed by atoms with Crippen LogP contribution in [0.4, 0.5) is 0 Å². The van der Waals surface area contributed by atoms with Gasteiger partial charge in [0.2, 0.25) is 0 Å². The van der Waals surface area contributed by atoms with Gasteiger partial charge in [-0.15, -0.1) is 11.3 Å². The van der Waals surface area contributed by atoms with E-state index in [1.165, 1.54) is 10.4 Å². The van der Waals surface area contributed by atoms with E-state index in [1.54, 1.807) is 0 Å². The second-order valence-electron chi connectivity index (χ2n) is 3.85. The average molecular weight is 361 g/mol. The smallest absolute Gasteiger partial charge is 0.252 e. The van der Waals surface area contributed by atoms with E-state index in [-0.39, 0.29) is 10.8 Å². The highest BCUT2D eigenvalue weighted by Crippen LogP contribution is 2.36. The molecule has 0 amide bonds. The fourth-order valence-corrected chi connectivity index (χ4v) is 5.79. The summed E-state index contributed by atoms with van der Waals surface area (Å²) in [6.07, 6.45) is 0.763. The molecule has 4 nitrogen and oxygen atoms in total. The van der Waals surface area contributed by atoms with E-state index >= 15 is 0 Å². The van der Waals surface area contributed by atoms with Crippen molar-refractivity contribution in [1.29, 1.82) is 0 Å². The average Bonchev–Trinajstić information content (AvgIpc) is 2.60. The number of nitrogens with zero attached hydrogens (tertiary/aromatic N) is 1. The van der Waals surface area contributed by atoms with Gasteiger partial charge in [-0.3, -0.25) is 0 Å². The molecular formula is C9H11BrClNO3S2. The summed E-state index contributed by atoms with van der Waals surface area (Å²) in [5.41, 5.74) is 0. The Bertz CT molecular complexity index is 497. The third kappa shape index (κ3) is 2.85. The highest BCUT2D eigenvalue weighted by molar-refractivity contribution is 9.11. The summed E-state index contributed by atoms with van der Waals surface area (Å²) in [5.74, 6) is 0. The predicted octanol–water partition coefficient (Wildman–Crippen LogP) is 2.31. The first-order chi connectivity index (χ1) is 7.91. The first kappa shape index (κ1) is 13.8. The van der Waals surface area contributed by atoms with Crippen LogP contribution in [0.5, 0.6) is 0 Å². The fraction of sp³-hybridized carbons (Fsp3) is 0.556. The summed E-state index contributed by atoms with van der Waals surface area (Å²) in [6.45, 7) is 0.613. The van der Waals surface area contributed by atoms with E-state index < -0.39 is 16.1 Å². The number of hydrogen-bond donors (Lipinski definition) is 1. The van der Waals surface area contributed by atoms with Gasteiger partial charge in [0.25, 0.3) is 10.0 Å². The standard InChI is InChI=1S/C9H11BrClNO3S2/c10-9-7(11)4-8(16-9)17(14,15)12-3-1-2-6(13)5-12/h4,6,13H,1-3,5H2. The number of aliphatic hydroxyl groups excluding tert-OH is 1. The molecule has 1 saturated heterocycles. The van der Waals surface area contributed by atoms with Crippen molar-refractivity contribution in [1.82, 2.24) is 4.31 Å². The van der Waals surface area contributed by atoms with Crippen molar-refractivity contribution in [3.63, 3.8) is 0 Å². The Kier molecular flexibility index (Phi) is 4.16. The van der Waals surface area contributed by atoms with Crippen LogP contribution in [0, 0.1) is 0 Å². The lowest BCUT2D eigenvalue weighted by Gasteiger charge is -2.28. The molecule has 8 heteroatoms. The molecule has 0 bridgehead atoms. The molecule has 96 valence electrons. The monoisotopic (exact) mass is 359 g/mol. The maximum absolute atomic E-state index is 12.2. The lowest BCUT2D eigenvalue weighted by Crippen LogP contribution is -2.41. The van der Waals surface area contributed by atoms with Gasteiger partial charge in [-0.05, 0) is 34.8 Å². The molecule has 1 N–H and O–H groups in total. The molecule has 1 unspecified atom stereocenters. The van der Waals surface area contributed by atoms with Crippen LogP contribution in [0.15, 0.2) is 14.1 Å². The van der Waals surface area contributed by atoms with Gasteiger partial charge in [0.15, 0.2) is 0 Å². The van der Waals surface area contributed by atoms with Gasteiger partial charge in [0, 0.05) is 13.1 Å². The van der Waals surface area contributed by atoms with Crippen molar-refractivity contribution >= 4 is 48.9 Å². The molecule has 0 saturated carbocycles. The first-order valence-electron chi connectivity index (χ1n) is 5.04. The molecule has 1 aliphatic rings. The summed E-state index contributed by atoms with van der Waals surface area (Å²) >= 11 is 10.1. The summed E-state index contributed by atoms with van der Waals surface area (Å²) in [4.78, 5) is 0. The minimum Gasteiger partial charge on any atom is -0.392 e. The Hall–Kier alpha value is 0.340. The molecule has 1 aromatic rings. The molecule has 1 aromatic heterocycles. The van der Waals surface area contributed by atoms with E-state index in [0.717, 1.165) is 11.3 Å². The van der Waals surface area contributed by atoms with Crippen LogP contribution in [0.1, 0.15) is 12.8 Å². The molecular weight excluding hydrogens is 350 g/mol. The van der Waals surface area contributed by atoms with Crippen LogP contribution >= 0.6 is 38.9 Å². The summed E-state index contributed by atoms with van der Waals surface area (Å²) in [5, 5.41) is 9.91. The van der Waals surface area contributed by atoms with Gasteiger partial charge in [0.1, 0.15) is 4.21 Å². The molecule has 2 heterocycles. The predicted molar refractivity (Wildman–Crippen MR) is 71.0 cm³/mol. The minimum atomic E-state index is -3.52. The Labute approximate surface area is 117 Å². The van der Waals surface area contributed by atoms with Crippen molar-refractivity contribution in [2.24, 2.45) is 0 Å². The van der Waals surface area contributed by atoms with Gasteiger partial charge in [-0.2, -0.15) is 4.31 Å². The number of sulfonamides is 1. The molecule has 0 aromatic carbocycles. The second kappa shape index (κ2) is 5.14. The van der Waals surface area contributed by atoms with Crippen molar-refractivity contribution in [3.8, 4) is 0 Å². The number of thiophene rings is 1. The molecule has 1 atom stereocenters. The Morgan fingerprint density at radius 3 is 2.82 bits per heavy atom. The lowest BCUT2D eigenvalue weighted by atomic mass is 10.1. The van der Waals surface area contributed by atoms with Crippen LogP contribution < -0.4 is 0 Å².